The van der Waals surface area contributed by atoms with E-state index < -0.39 is 14.9 Å². The Labute approximate surface area is 160 Å². The van der Waals surface area contributed by atoms with E-state index >= 15 is 0 Å². The van der Waals surface area contributed by atoms with Gasteiger partial charge in [-0.25, -0.2) is 8.42 Å². The summed E-state index contributed by atoms with van der Waals surface area (Å²) in [6, 6.07) is 10.8. The summed E-state index contributed by atoms with van der Waals surface area (Å²) in [5.41, 5.74) is 1.03. The smallest absolute Gasteiger partial charge is 0.275 e. The molecule has 0 unspecified atom stereocenters. The maximum Gasteiger partial charge on any atom is 0.275 e. The summed E-state index contributed by atoms with van der Waals surface area (Å²) in [6.45, 7) is 1.94. The highest BCUT2D eigenvalue weighted by atomic mass is 35.5. The molecule has 0 aliphatic heterocycles. The van der Waals surface area contributed by atoms with Gasteiger partial charge in [-0.3, -0.25) is 19.5 Å². The van der Waals surface area contributed by atoms with Crippen molar-refractivity contribution in [3.05, 3.63) is 81.1 Å². The van der Waals surface area contributed by atoms with Gasteiger partial charge in [0.1, 0.15) is 0 Å². The van der Waals surface area contributed by atoms with Gasteiger partial charge in [0.2, 0.25) is 0 Å². The molecule has 0 spiro atoms. The summed E-state index contributed by atoms with van der Waals surface area (Å²) in [6.07, 6.45) is 3.45. The second-order valence-electron chi connectivity index (χ2n) is 5.82. The van der Waals surface area contributed by atoms with E-state index in [-0.39, 0.29) is 21.2 Å². The Morgan fingerprint density at radius 3 is 2.70 bits per heavy atom. The number of hydrogen-bond acceptors (Lipinski definition) is 5. The first-order chi connectivity index (χ1) is 12.8. The van der Waals surface area contributed by atoms with Crippen molar-refractivity contribution in [2.75, 3.05) is 4.72 Å². The molecule has 0 aliphatic rings. The van der Waals surface area contributed by atoms with Gasteiger partial charge in [-0.1, -0.05) is 23.7 Å². The van der Waals surface area contributed by atoms with Crippen molar-refractivity contribution >= 4 is 33.0 Å². The first-order valence-electron chi connectivity index (χ1n) is 7.80. The number of anilines is 1. The lowest BCUT2D eigenvalue weighted by molar-refractivity contribution is -0.385. The average molecular weight is 407 g/mol. The van der Waals surface area contributed by atoms with E-state index in [1.54, 1.807) is 41.3 Å². The predicted molar refractivity (Wildman–Crippen MR) is 101 cm³/mol. The molecule has 140 valence electrons. The minimum absolute atomic E-state index is 0.0111. The molecule has 1 heterocycles. The van der Waals surface area contributed by atoms with Crippen LogP contribution in [-0.2, 0) is 16.6 Å². The van der Waals surface area contributed by atoms with Crippen molar-refractivity contribution < 1.29 is 13.3 Å². The highest BCUT2D eigenvalue weighted by Gasteiger charge is 2.22. The maximum absolute atomic E-state index is 12.7. The van der Waals surface area contributed by atoms with Crippen LogP contribution in [0.5, 0.6) is 0 Å². The van der Waals surface area contributed by atoms with Crippen molar-refractivity contribution in [2.45, 2.75) is 18.4 Å². The quantitative estimate of drug-likeness (QED) is 0.497. The van der Waals surface area contributed by atoms with Crippen molar-refractivity contribution in [1.82, 2.24) is 9.78 Å². The van der Waals surface area contributed by atoms with Gasteiger partial charge in [-0.15, -0.1) is 0 Å². The molecule has 0 aliphatic carbocycles. The Morgan fingerprint density at radius 2 is 2.04 bits per heavy atom. The maximum atomic E-state index is 12.7. The van der Waals surface area contributed by atoms with E-state index in [4.69, 9.17) is 11.6 Å². The molecule has 10 heteroatoms. The Kier molecular flexibility index (Phi) is 5.15. The van der Waals surface area contributed by atoms with Gasteiger partial charge in [-0.05, 0) is 36.8 Å². The van der Waals surface area contributed by atoms with Crippen molar-refractivity contribution in [2.24, 2.45) is 0 Å². The summed E-state index contributed by atoms with van der Waals surface area (Å²) in [5.74, 6) is 0. The molecule has 0 atom stereocenters. The Bertz CT molecular complexity index is 1100. The van der Waals surface area contributed by atoms with E-state index in [9.17, 15) is 18.5 Å². The molecule has 3 aromatic rings. The lowest BCUT2D eigenvalue weighted by atomic mass is 10.2. The monoisotopic (exact) mass is 406 g/mol. The zero-order chi connectivity index (χ0) is 19.6. The number of nitrogens with zero attached hydrogens (tertiary/aromatic N) is 3. The van der Waals surface area contributed by atoms with Gasteiger partial charge in [0, 0.05) is 29.7 Å². The fourth-order valence-corrected chi connectivity index (χ4v) is 3.89. The largest absolute Gasteiger partial charge is 0.280 e. The molecule has 2 aromatic carbocycles. The highest BCUT2D eigenvalue weighted by molar-refractivity contribution is 7.92. The topological polar surface area (TPSA) is 107 Å². The molecule has 8 nitrogen and oxygen atoms in total. The zero-order valence-electron chi connectivity index (χ0n) is 14.2. The molecule has 0 radical (unpaired) electrons. The molecule has 27 heavy (non-hydrogen) atoms. The number of nitro groups is 1. The van der Waals surface area contributed by atoms with Gasteiger partial charge in [0.15, 0.2) is 0 Å². The van der Waals surface area contributed by atoms with E-state index in [0.29, 0.717) is 12.2 Å². The van der Waals surface area contributed by atoms with Crippen molar-refractivity contribution in [3.8, 4) is 0 Å². The van der Waals surface area contributed by atoms with E-state index in [2.05, 4.69) is 9.82 Å². The van der Waals surface area contributed by atoms with Gasteiger partial charge < -0.3 is 0 Å². The Hall–Kier alpha value is -2.91. The van der Waals surface area contributed by atoms with Crippen LogP contribution in [0.4, 0.5) is 11.4 Å². The number of sulfonamides is 1. The minimum atomic E-state index is -4.05. The molecule has 0 saturated carbocycles. The third-order valence-corrected chi connectivity index (χ3v) is 5.63. The number of nitro benzene ring substituents is 1. The van der Waals surface area contributed by atoms with E-state index in [1.807, 2.05) is 6.07 Å². The first-order valence-corrected chi connectivity index (χ1v) is 9.66. The normalized spacial score (nSPS) is 11.3. The standard InChI is InChI=1S/C17H15ClN4O4S/c1-12-16(18)9-15(10-17(12)22(23)24)27(25,26)20-14-5-2-4-13(8-14)11-21-7-3-6-19-21/h2-10,20H,11H2,1H3. The SMILES string of the molecule is Cc1c(Cl)cc(S(=O)(=O)Nc2cccc(Cn3cccn3)c2)cc1[N+](=O)[O-]. The summed E-state index contributed by atoms with van der Waals surface area (Å²) in [7, 11) is -4.05. The van der Waals surface area contributed by atoms with Crippen LogP contribution in [-0.4, -0.2) is 23.1 Å². The molecule has 0 amide bonds. The molecule has 1 aromatic heterocycles. The summed E-state index contributed by atoms with van der Waals surface area (Å²) < 4.78 is 29.5. The molecular weight excluding hydrogens is 392 g/mol. The summed E-state index contributed by atoms with van der Waals surface area (Å²) >= 11 is 5.97. The molecule has 3 rings (SSSR count). The number of hydrogen-bond donors (Lipinski definition) is 1. The molecule has 1 N–H and O–H groups in total. The summed E-state index contributed by atoms with van der Waals surface area (Å²) in [5, 5.41) is 15.2. The second-order valence-corrected chi connectivity index (χ2v) is 7.91. The van der Waals surface area contributed by atoms with Crippen molar-refractivity contribution in [3.63, 3.8) is 0 Å². The van der Waals surface area contributed by atoms with E-state index in [0.717, 1.165) is 11.6 Å². The molecule has 0 bridgehead atoms. The molecule has 0 fully saturated rings. The third kappa shape index (κ3) is 4.26. The Balaban J connectivity index is 1.90. The van der Waals surface area contributed by atoms with Crippen LogP contribution in [0.25, 0.3) is 0 Å². The highest BCUT2D eigenvalue weighted by Crippen LogP contribution is 2.30. The van der Waals surface area contributed by atoms with Crippen LogP contribution < -0.4 is 4.72 Å². The van der Waals surface area contributed by atoms with Gasteiger partial charge in [0.05, 0.1) is 21.4 Å². The van der Waals surface area contributed by atoms with Crippen LogP contribution in [0.3, 0.4) is 0 Å². The van der Waals surface area contributed by atoms with Crippen LogP contribution in [0.15, 0.2) is 59.8 Å². The lowest BCUT2D eigenvalue weighted by Gasteiger charge is -2.11. The number of aromatic nitrogens is 2. The van der Waals surface area contributed by atoms with Crippen LogP contribution >= 0.6 is 11.6 Å². The minimum Gasteiger partial charge on any atom is -0.280 e. The predicted octanol–water partition coefficient (Wildman–Crippen LogP) is 3.60. The lowest BCUT2D eigenvalue weighted by Crippen LogP contribution is -2.14. The summed E-state index contributed by atoms with van der Waals surface area (Å²) in [4.78, 5) is 10.2. The van der Waals surface area contributed by atoms with Gasteiger partial charge >= 0.3 is 0 Å². The van der Waals surface area contributed by atoms with Gasteiger partial charge in [0.25, 0.3) is 15.7 Å². The molecule has 0 saturated heterocycles. The van der Waals surface area contributed by atoms with Gasteiger partial charge in [-0.2, -0.15) is 5.10 Å². The third-order valence-electron chi connectivity index (χ3n) is 3.88. The number of nitrogens with one attached hydrogen (secondary N) is 1. The molecular formula is C17H15ClN4O4S. The van der Waals surface area contributed by atoms with E-state index in [1.165, 1.54) is 13.0 Å². The van der Waals surface area contributed by atoms with Crippen LogP contribution in [0.2, 0.25) is 5.02 Å². The fourth-order valence-electron chi connectivity index (χ4n) is 2.51. The number of rotatable bonds is 6. The van der Waals surface area contributed by atoms with Crippen LogP contribution in [0, 0.1) is 17.0 Å². The van der Waals surface area contributed by atoms with Crippen LogP contribution in [0.1, 0.15) is 11.1 Å². The Morgan fingerprint density at radius 1 is 1.26 bits per heavy atom. The number of benzene rings is 2. The van der Waals surface area contributed by atoms with Crippen molar-refractivity contribution in [1.29, 1.82) is 0 Å². The second kappa shape index (κ2) is 7.37. The number of halogens is 1. The first kappa shape index (κ1) is 18.9. The zero-order valence-corrected chi connectivity index (χ0v) is 15.7. The fraction of sp³-hybridized carbons (Fsp3) is 0.118. The average Bonchev–Trinajstić information content (AvgIpc) is 3.09.